The molecule has 0 spiro atoms. The van der Waals surface area contributed by atoms with Crippen molar-refractivity contribution in [3.05, 3.63) is 57.0 Å². The summed E-state index contributed by atoms with van der Waals surface area (Å²) >= 11 is 1.40. The third kappa shape index (κ3) is 2.70. The van der Waals surface area contributed by atoms with Gasteiger partial charge in [0, 0.05) is 16.6 Å². The second-order valence-electron chi connectivity index (χ2n) is 5.06. The van der Waals surface area contributed by atoms with E-state index < -0.39 is 0 Å². The van der Waals surface area contributed by atoms with E-state index in [9.17, 15) is 9.59 Å². The highest BCUT2D eigenvalue weighted by molar-refractivity contribution is 7.15. The first kappa shape index (κ1) is 15.2. The molecule has 1 aromatic carbocycles. The zero-order chi connectivity index (χ0) is 16.6. The minimum atomic E-state index is -0.359. The molecule has 0 radical (unpaired) electrons. The summed E-state index contributed by atoms with van der Waals surface area (Å²) in [5.41, 5.74) is 1.66. The topological polar surface area (TPSA) is 72.7 Å². The van der Waals surface area contributed by atoms with Crippen molar-refractivity contribution in [2.45, 2.75) is 13.8 Å². The Bertz CT molecular complexity index is 942. The maximum absolute atomic E-state index is 12.6. The van der Waals surface area contributed by atoms with Gasteiger partial charge in [-0.15, -0.1) is 11.3 Å². The van der Waals surface area contributed by atoms with Crippen molar-refractivity contribution in [2.24, 2.45) is 0 Å². The van der Waals surface area contributed by atoms with Gasteiger partial charge in [0.05, 0.1) is 12.8 Å². The molecule has 2 aromatic heterocycles. The van der Waals surface area contributed by atoms with Crippen LogP contribution in [0.2, 0.25) is 0 Å². The average molecular weight is 329 g/mol. The van der Waals surface area contributed by atoms with Crippen molar-refractivity contribution in [1.82, 2.24) is 9.38 Å². The predicted octanol–water partition coefficient (Wildman–Crippen LogP) is 2.63. The van der Waals surface area contributed by atoms with Crippen LogP contribution in [0, 0.1) is 13.8 Å². The Balaban J connectivity index is 1.98. The quantitative estimate of drug-likeness (QED) is 0.802. The molecule has 0 bridgehead atoms. The van der Waals surface area contributed by atoms with Gasteiger partial charge in [0.2, 0.25) is 0 Å². The second kappa shape index (κ2) is 5.85. The van der Waals surface area contributed by atoms with E-state index >= 15 is 0 Å². The Morgan fingerprint density at radius 2 is 1.96 bits per heavy atom. The number of nitrogens with one attached hydrogen (secondary N) is 1. The number of hydrogen-bond acceptors (Lipinski definition) is 5. The number of ether oxygens (including phenoxy) is 1. The van der Waals surface area contributed by atoms with E-state index in [2.05, 4.69) is 10.3 Å². The summed E-state index contributed by atoms with van der Waals surface area (Å²) in [6.07, 6.45) is 0. The first-order valence-corrected chi connectivity index (χ1v) is 7.82. The van der Waals surface area contributed by atoms with E-state index in [0.29, 0.717) is 22.0 Å². The number of rotatable bonds is 3. The van der Waals surface area contributed by atoms with Gasteiger partial charge in [-0.2, -0.15) is 0 Å². The molecule has 7 heteroatoms. The van der Waals surface area contributed by atoms with Crippen molar-refractivity contribution < 1.29 is 9.53 Å². The Labute approximate surface area is 136 Å². The van der Waals surface area contributed by atoms with Crippen molar-refractivity contribution >= 4 is 27.9 Å². The SMILES string of the molecule is COc1ccc(C(=O)Nc2c(C)nc3scc(C)n3c2=O)cc1. The maximum Gasteiger partial charge on any atom is 0.282 e. The molecular formula is C16H15N3O3S. The standard InChI is InChI=1S/C16H15N3O3S/c1-9-8-23-16-17-10(2)13(15(21)19(9)16)18-14(20)11-4-6-12(22-3)7-5-11/h4-8H,1-3H3,(H,18,20). The Morgan fingerprint density at radius 3 is 2.61 bits per heavy atom. The fraction of sp³-hybridized carbons (Fsp3) is 0.188. The number of fused-ring (bicyclic) bond motifs is 1. The van der Waals surface area contributed by atoms with Gasteiger partial charge in [0.1, 0.15) is 11.4 Å². The molecule has 3 rings (SSSR count). The number of aryl methyl sites for hydroxylation is 2. The molecule has 0 aliphatic rings. The van der Waals surface area contributed by atoms with Gasteiger partial charge in [-0.3, -0.25) is 14.0 Å². The van der Waals surface area contributed by atoms with Crippen LogP contribution in [0.4, 0.5) is 5.69 Å². The van der Waals surface area contributed by atoms with E-state index in [1.54, 1.807) is 38.3 Å². The lowest BCUT2D eigenvalue weighted by molar-refractivity contribution is 0.102. The highest BCUT2D eigenvalue weighted by Crippen LogP contribution is 2.17. The summed E-state index contributed by atoms with van der Waals surface area (Å²) in [6, 6.07) is 6.67. The number of amides is 1. The number of methoxy groups -OCH3 is 1. The molecule has 0 aliphatic heterocycles. The van der Waals surface area contributed by atoms with Crippen molar-refractivity contribution in [3.63, 3.8) is 0 Å². The molecule has 118 valence electrons. The van der Waals surface area contributed by atoms with Gasteiger partial charge in [0.25, 0.3) is 11.5 Å². The minimum Gasteiger partial charge on any atom is -0.497 e. The van der Waals surface area contributed by atoms with Crippen LogP contribution in [-0.2, 0) is 0 Å². The zero-order valence-corrected chi connectivity index (χ0v) is 13.7. The Morgan fingerprint density at radius 1 is 1.26 bits per heavy atom. The molecule has 23 heavy (non-hydrogen) atoms. The van der Waals surface area contributed by atoms with Crippen LogP contribution in [0.25, 0.3) is 4.96 Å². The molecule has 1 N–H and O–H groups in total. The van der Waals surface area contributed by atoms with Gasteiger partial charge in [-0.25, -0.2) is 4.98 Å². The highest BCUT2D eigenvalue weighted by Gasteiger charge is 2.15. The summed E-state index contributed by atoms with van der Waals surface area (Å²) in [6.45, 7) is 3.54. The van der Waals surface area contributed by atoms with Crippen LogP contribution in [0.15, 0.2) is 34.4 Å². The lowest BCUT2D eigenvalue weighted by Crippen LogP contribution is -2.24. The first-order valence-electron chi connectivity index (χ1n) is 6.94. The number of anilines is 1. The third-order valence-corrected chi connectivity index (χ3v) is 4.46. The largest absolute Gasteiger partial charge is 0.497 e. The Hall–Kier alpha value is -2.67. The van der Waals surface area contributed by atoms with Crippen LogP contribution in [0.5, 0.6) is 5.75 Å². The van der Waals surface area contributed by atoms with Crippen molar-refractivity contribution in [3.8, 4) is 5.75 Å². The Kier molecular flexibility index (Phi) is 3.87. The number of hydrogen-bond donors (Lipinski definition) is 1. The molecule has 0 atom stereocenters. The lowest BCUT2D eigenvalue weighted by atomic mass is 10.2. The van der Waals surface area contributed by atoms with Crippen LogP contribution in [-0.4, -0.2) is 22.4 Å². The number of carbonyl (C=O) groups is 1. The molecule has 0 fully saturated rings. The van der Waals surface area contributed by atoms with E-state index in [4.69, 9.17) is 4.74 Å². The summed E-state index contributed by atoms with van der Waals surface area (Å²) in [5, 5.41) is 4.53. The fourth-order valence-corrected chi connectivity index (χ4v) is 3.16. The van der Waals surface area contributed by atoms with Crippen molar-refractivity contribution in [2.75, 3.05) is 12.4 Å². The van der Waals surface area contributed by atoms with Crippen LogP contribution >= 0.6 is 11.3 Å². The normalized spacial score (nSPS) is 10.7. The number of benzene rings is 1. The average Bonchev–Trinajstić information content (AvgIpc) is 2.92. The second-order valence-corrected chi connectivity index (χ2v) is 5.89. The van der Waals surface area contributed by atoms with Crippen molar-refractivity contribution in [1.29, 1.82) is 0 Å². The highest BCUT2D eigenvalue weighted by atomic mass is 32.1. The monoisotopic (exact) mass is 329 g/mol. The van der Waals surface area contributed by atoms with Crippen LogP contribution < -0.4 is 15.6 Å². The summed E-state index contributed by atoms with van der Waals surface area (Å²) in [7, 11) is 1.56. The molecule has 0 saturated carbocycles. The van der Waals surface area contributed by atoms with Gasteiger partial charge in [-0.1, -0.05) is 0 Å². The summed E-state index contributed by atoms with van der Waals surface area (Å²) < 4.78 is 6.57. The predicted molar refractivity (Wildman–Crippen MR) is 89.8 cm³/mol. The molecule has 0 aliphatic carbocycles. The number of carbonyl (C=O) groups excluding carboxylic acids is 1. The molecule has 3 aromatic rings. The number of nitrogens with zero attached hydrogens (tertiary/aromatic N) is 2. The van der Waals surface area contributed by atoms with Gasteiger partial charge in [-0.05, 0) is 38.1 Å². The van der Waals surface area contributed by atoms with Gasteiger partial charge in [0.15, 0.2) is 4.96 Å². The molecule has 2 heterocycles. The molecular weight excluding hydrogens is 314 g/mol. The maximum atomic E-state index is 12.6. The molecule has 0 saturated heterocycles. The molecule has 0 unspecified atom stereocenters. The zero-order valence-electron chi connectivity index (χ0n) is 12.9. The van der Waals surface area contributed by atoms with E-state index in [1.165, 1.54) is 15.7 Å². The number of aromatic nitrogens is 2. The smallest absolute Gasteiger partial charge is 0.282 e. The van der Waals surface area contributed by atoms with Gasteiger partial charge >= 0.3 is 0 Å². The van der Waals surface area contributed by atoms with Gasteiger partial charge < -0.3 is 10.1 Å². The van der Waals surface area contributed by atoms with E-state index in [1.807, 2.05) is 12.3 Å². The van der Waals surface area contributed by atoms with E-state index in [-0.39, 0.29) is 17.2 Å². The lowest BCUT2D eigenvalue weighted by Gasteiger charge is -2.08. The van der Waals surface area contributed by atoms with Crippen LogP contribution in [0.1, 0.15) is 21.7 Å². The summed E-state index contributed by atoms with van der Waals surface area (Å²) in [4.78, 5) is 29.9. The molecule has 1 amide bonds. The first-order chi connectivity index (χ1) is 11.0. The number of thiazole rings is 1. The van der Waals surface area contributed by atoms with Crippen LogP contribution in [0.3, 0.4) is 0 Å². The fourth-order valence-electron chi connectivity index (χ4n) is 2.26. The third-order valence-electron chi connectivity index (χ3n) is 3.51. The summed E-state index contributed by atoms with van der Waals surface area (Å²) in [5.74, 6) is 0.303. The molecule has 6 nitrogen and oxygen atoms in total. The minimum absolute atomic E-state index is 0.199. The van der Waals surface area contributed by atoms with E-state index in [0.717, 1.165) is 5.69 Å².